The zero-order chi connectivity index (χ0) is 17.6. The predicted molar refractivity (Wildman–Crippen MR) is 101 cm³/mol. The lowest BCUT2D eigenvalue weighted by Gasteiger charge is -2.34. The van der Waals surface area contributed by atoms with E-state index >= 15 is 0 Å². The zero-order valence-electron chi connectivity index (χ0n) is 14.1. The van der Waals surface area contributed by atoms with Crippen LogP contribution in [0.25, 0.3) is 10.2 Å². The minimum Gasteiger partial charge on any atom is -0.345 e. The molecule has 0 atom stereocenters. The van der Waals surface area contributed by atoms with Gasteiger partial charge in [-0.15, -0.1) is 0 Å². The molecule has 0 spiro atoms. The number of para-hydroxylation sites is 1. The second-order valence-corrected chi connectivity index (χ2v) is 7.57. The summed E-state index contributed by atoms with van der Waals surface area (Å²) in [5.74, 6) is -0.00399. The lowest BCUT2D eigenvalue weighted by Crippen LogP contribution is -2.48. The summed E-state index contributed by atoms with van der Waals surface area (Å²) < 4.78 is 2.82. The fourth-order valence-corrected chi connectivity index (χ4v) is 4.28. The molecule has 1 aliphatic heterocycles. The average molecular weight is 376 g/mol. The lowest BCUT2D eigenvalue weighted by atomic mass is 10.2. The number of aromatic nitrogens is 3. The minimum atomic E-state index is -0.00399. The molecule has 1 fully saturated rings. The van der Waals surface area contributed by atoms with Gasteiger partial charge in [0.15, 0.2) is 10.8 Å². The molecular formula is C17H18ClN5OS. The fourth-order valence-electron chi connectivity index (χ4n) is 2.97. The maximum absolute atomic E-state index is 12.6. The number of halogens is 1. The number of fused-ring (bicyclic) bond motifs is 1. The molecule has 2 aromatic heterocycles. The van der Waals surface area contributed by atoms with Crippen molar-refractivity contribution in [1.82, 2.24) is 19.7 Å². The van der Waals surface area contributed by atoms with E-state index in [0.29, 0.717) is 23.8 Å². The normalized spacial score (nSPS) is 15.2. The van der Waals surface area contributed by atoms with Crippen molar-refractivity contribution in [1.29, 1.82) is 0 Å². The molecular weight excluding hydrogens is 358 g/mol. The van der Waals surface area contributed by atoms with Crippen LogP contribution >= 0.6 is 22.9 Å². The van der Waals surface area contributed by atoms with E-state index in [1.54, 1.807) is 16.0 Å². The molecule has 1 aliphatic rings. The third kappa shape index (κ3) is 2.98. The lowest BCUT2D eigenvalue weighted by molar-refractivity contribution is 0.0740. The van der Waals surface area contributed by atoms with Gasteiger partial charge < -0.3 is 9.80 Å². The SMILES string of the molecule is Cc1cc(C(=O)N2CCN(c3nc4c(Cl)cccc4s3)CC2)nn1C. The van der Waals surface area contributed by atoms with Gasteiger partial charge in [-0.3, -0.25) is 9.48 Å². The third-order valence-corrected chi connectivity index (χ3v) is 5.92. The fraction of sp³-hybridized carbons (Fsp3) is 0.353. The number of hydrogen-bond acceptors (Lipinski definition) is 5. The maximum Gasteiger partial charge on any atom is 0.274 e. The van der Waals surface area contributed by atoms with Crippen molar-refractivity contribution in [2.75, 3.05) is 31.1 Å². The third-order valence-electron chi connectivity index (χ3n) is 4.53. The summed E-state index contributed by atoms with van der Waals surface area (Å²) in [4.78, 5) is 21.3. The largest absolute Gasteiger partial charge is 0.345 e. The van der Waals surface area contributed by atoms with E-state index in [-0.39, 0.29) is 5.91 Å². The molecule has 1 saturated heterocycles. The highest BCUT2D eigenvalue weighted by Crippen LogP contribution is 2.33. The Bertz CT molecular complexity index is 922. The molecule has 25 heavy (non-hydrogen) atoms. The number of rotatable bonds is 2. The van der Waals surface area contributed by atoms with Crippen LogP contribution in [0.3, 0.4) is 0 Å². The van der Waals surface area contributed by atoms with Gasteiger partial charge in [0.2, 0.25) is 0 Å². The highest BCUT2D eigenvalue weighted by atomic mass is 35.5. The second kappa shape index (κ2) is 6.31. The van der Waals surface area contributed by atoms with Crippen LogP contribution in [0, 0.1) is 6.92 Å². The van der Waals surface area contributed by atoms with Crippen LogP contribution in [-0.2, 0) is 7.05 Å². The molecule has 0 radical (unpaired) electrons. The first-order valence-corrected chi connectivity index (χ1v) is 9.32. The van der Waals surface area contributed by atoms with Gasteiger partial charge >= 0.3 is 0 Å². The van der Waals surface area contributed by atoms with Gasteiger partial charge in [-0.25, -0.2) is 4.98 Å². The maximum atomic E-state index is 12.6. The van der Waals surface area contributed by atoms with Gasteiger partial charge in [0.05, 0.1) is 9.72 Å². The molecule has 130 valence electrons. The Morgan fingerprint density at radius 3 is 2.64 bits per heavy atom. The van der Waals surface area contributed by atoms with Crippen LogP contribution in [-0.4, -0.2) is 51.8 Å². The van der Waals surface area contributed by atoms with E-state index in [9.17, 15) is 4.79 Å². The van der Waals surface area contributed by atoms with Crippen molar-refractivity contribution < 1.29 is 4.79 Å². The highest BCUT2D eigenvalue weighted by molar-refractivity contribution is 7.22. The highest BCUT2D eigenvalue weighted by Gasteiger charge is 2.25. The van der Waals surface area contributed by atoms with E-state index in [0.717, 1.165) is 34.1 Å². The smallest absolute Gasteiger partial charge is 0.274 e. The summed E-state index contributed by atoms with van der Waals surface area (Å²) >= 11 is 7.86. The molecule has 3 heterocycles. The van der Waals surface area contributed by atoms with Crippen LogP contribution < -0.4 is 4.90 Å². The molecule has 1 aromatic carbocycles. The average Bonchev–Trinajstić information content (AvgIpc) is 3.19. The topological polar surface area (TPSA) is 54.3 Å². The van der Waals surface area contributed by atoms with E-state index in [1.165, 1.54) is 0 Å². The Morgan fingerprint density at radius 1 is 1.24 bits per heavy atom. The molecule has 4 rings (SSSR count). The number of thiazole rings is 1. The number of aryl methyl sites for hydroxylation is 2. The Morgan fingerprint density at radius 2 is 2.00 bits per heavy atom. The molecule has 3 aromatic rings. The van der Waals surface area contributed by atoms with Crippen molar-refractivity contribution in [2.45, 2.75) is 6.92 Å². The summed E-state index contributed by atoms with van der Waals surface area (Å²) in [5.41, 5.74) is 2.35. The van der Waals surface area contributed by atoms with Crippen LogP contribution in [0.5, 0.6) is 0 Å². The summed E-state index contributed by atoms with van der Waals surface area (Å²) in [5, 5.41) is 5.93. The number of nitrogens with zero attached hydrogens (tertiary/aromatic N) is 5. The summed E-state index contributed by atoms with van der Waals surface area (Å²) in [6.45, 7) is 4.79. The van der Waals surface area contributed by atoms with E-state index < -0.39 is 0 Å². The van der Waals surface area contributed by atoms with Crippen LogP contribution in [0.15, 0.2) is 24.3 Å². The molecule has 0 unspecified atom stereocenters. The predicted octanol–water partition coefficient (Wildman–Crippen LogP) is 2.95. The van der Waals surface area contributed by atoms with Gasteiger partial charge in [0.1, 0.15) is 5.52 Å². The summed E-state index contributed by atoms with van der Waals surface area (Å²) in [6.07, 6.45) is 0. The molecule has 8 heteroatoms. The Labute approximate surface area is 154 Å². The minimum absolute atomic E-state index is 0.00399. The number of benzene rings is 1. The number of piperazine rings is 1. The van der Waals surface area contributed by atoms with Crippen LogP contribution in [0.2, 0.25) is 5.02 Å². The molecule has 0 saturated carbocycles. The van der Waals surface area contributed by atoms with Gasteiger partial charge in [0.25, 0.3) is 5.91 Å². The Hall–Kier alpha value is -2.12. The zero-order valence-corrected chi connectivity index (χ0v) is 15.6. The van der Waals surface area contributed by atoms with Crippen LogP contribution in [0.1, 0.15) is 16.2 Å². The van der Waals surface area contributed by atoms with E-state index in [4.69, 9.17) is 11.6 Å². The molecule has 1 amide bonds. The Kier molecular flexibility index (Phi) is 4.13. The van der Waals surface area contributed by atoms with Gasteiger partial charge in [0, 0.05) is 38.9 Å². The monoisotopic (exact) mass is 375 g/mol. The molecule has 0 N–H and O–H groups in total. The summed E-state index contributed by atoms with van der Waals surface area (Å²) in [7, 11) is 1.85. The molecule has 0 bridgehead atoms. The Balaban J connectivity index is 1.47. The van der Waals surface area contributed by atoms with Gasteiger partial charge in [-0.05, 0) is 25.1 Å². The number of carbonyl (C=O) groups is 1. The quantitative estimate of drug-likeness (QED) is 0.691. The first-order chi connectivity index (χ1) is 12.0. The summed E-state index contributed by atoms with van der Waals surface area (Å²) in [6, 6.07) is 7.67. The van der Waals surface area contributed by atoms with Crippen molar-refractivity contribution in [2.24, 2.45) is 7.05 Å². The van der Waals surface area contributed by atoms with E-state index in [1.807, 2.05) is 43.1 Å². The standard InChI is InChI=1S/C17H18ClN5OS/c1-11-10-13(20-21(11)2)16(24)22-6-8-23(9-7-22)17-19-15-12(18)4-3-5-14(15)25-17/h3-5,10H,6-9H2,1-2H3. The van der Waals surface area contributed by atoms with Crippen molar-refractivity contribution >= 4 is 44.2 Å². The number of carbonyl (C=O) groups excluding carboxylic acids is 1. The molecule has 6 nitrogen and oxygen atoms in total. The second-order valence-electron chi connectivity index (χ2n) is 6.16. The first kappa shape index (κ1) is 16.4. The van der Waals surface area contributed by atoms with Gasteiger partial charge in [-0.1, -0.05) is 29.0 Å². The first-order valence-electron chi connectivity index (χ1n) is 8.13. The van der Waals surface area contributed by atoms with E-state index in [2.05, 4.69) is 15.0 Å². The molecule has 0 aliphatic carbocycles. The van der Waals surface area contributed by atoms with Gasteiger partial charge in [-0.2, -0.15) is 5.10 Å². The van der Waals surface area contributed by atoms with Crippen molar-refractivity contribution in [3.8, 4) is 0 Å². The van der Waals surface area contributed by atoms with Crippen LogP contribution in [0.4, 0.5) is 5.13 Å². The van der Waals surface area contributed by atoms with Crippen molar-refractivity contribution in [3.05, 3.63) is 40.7 Å². The number of hydrogen-bond donors (Lipinski definition) is 0. The number of amides is 1. The number of anilines is 1. The van der Waals surface area contributed by atoms with Crippen molar-refractivity contribution in [3.63, 3.8) is 0 Å².